The number of aryl methyl sites for hydroxylation is 1. The number of hydrogen-bond acceptors (Lipinski definition) is 4. The summed E-state index contributed by atoms with van der Waals surface area (Å²) in [6.45, 7) is 6.14. The third-order valence-electron chi connectivity index (χ3n) is 3.86. The minimum Gasteiger partial charge on any atom is -0.459 e. The van der Waals surface area contributed by atoms with Gasteiger partial charge in [0.1, 0.15) is 0 Å². The smallest absolute Gasteiger partial charge is 0.287 e. The highest BCUT2D eigenvalue weighted by atomic mass is 127. The second kappa shape index (κ2) is 13.5. The number of thioether (sulfide) groups is 1. The van der Waals surface area contributed by atoms with Crippen LogP contribution in [0.2, 0.25) is 0 Å². The molecular formula is C20H29IN4O2S. The van der Waals surface area contributed by atoms with Crippen molar-refractivity contribution >= 4 is 47.6 Å². The Morgan fingerprint density at radius 1 is 1.14 bits per heavy atom. The van der Waals surface area contributed by atoms with Gasteiger partial charge in [0.05, 0.1) is 6.26 Å². The summed E-state index contributed by atoms with van der Waals surface area (Å²) < 4.78 is 5.18. The van der Waals surface area contributed by atoms with Crippen LogP contribution in [0.4, 0.5) is 0 Å². The molecule has 1 atom stereocenters. The summed E-state index contributed by atoms with van der Waals surface area (Å²) >= 11 is 1.83. The first kappa shape index (κ1) is 24.4. The lowest BCUT2D eigenvalue weighted by atomic mass is 10.2. The second-order valence-corrected chi connectivity index (χ2v) is 7.68. The van der Waals surface area contributed by atoms with Crippen molar-refractivity contribution in [3.63, 3.8) is 0 Å². The highest BCUT2D eigenvalue weighted by molar-refractivity contribution is 14.0. The Morgan fingerprint density at radius 3 is 2.50 bits per heavy atom. The van der Waals surface area contributed by atoms with Crippen molar-refractivity contribution < 1.29 is 9.21 Å². The number of aliphatic imine (C=N–C) groups is 1. The summed E-state index contributed by atoms with van der Waals surface area (Å²) in [5.74, 6) is 0.973. The van der Waals surface area contributed by atoms with E-state index >= 15 is 0 Å². The Bertz CT molecular complexity index is 737. The molecule has 0 saturated heterocycles. The van der Waals surface area contributed by atoms with Gasteiger partial charge in [-0.15, -0.1) is 35.7 Å². The molecule has 0 spiro atoms. The van der Waals surface area contributed by atoms with E-state index in [1.54, 1.807) is 13.1 Å². The Kier molecular flexibility index (Phi) is 11.7. The normalized spacial score (nSPS) is 12.0. The maximum Gasteiger partial charge on any atom is 0.287 e. The van der Waals surface area contributed by atoms with Gasteiger partial charge in [0.15, 0.2) is 11.7 Å². The molecule has 2 rings (SSSR count). The van der Waals surface area contributed by atoms with Gasteiger partial charge in [0, 0.05) is 42.4 Å². The summed E-state index contributed by atoms with van der Waals surface area (Å²) in [4.78, 5) is 17.4. The average Bonchev–Trinajstić information content (AvgIpc) is 3.10. The number of carbonyl (C=O) groups excluding carboxylic acids is 1. The minimum atomic E-state index is -0.174. The van der Waals surface area contributed by atoms with Gasteiger partial charge < -0.3 is 20.4 Å². The predicted molar refractivity (Wildman–Crippen MR) is 127 cm³/mol. The van der Waals surface area contributed by atoms with E-state index in [1.807, 2.05) is 24.8 Å². The number of halogens is 1. The number of nitrogens with one attached hydrogen (secondary N) is 3. The van der Waals surface area contributed by atoms with Crippen molar-refractivity contribution in [2.75, 3.05) is 26.7 Å². The topological polar surface area (TPSA) is 78.7 Å². The first-order valence-electron chi connectivity index (χ1n) is 9.08. The summed E-state index contributed by atoms with van der Waals surface area (Å²) in [7, 11) is 1.76. The standard InChI is InChI=1S/C20H28N4O2S.HI/c1-15-10-13-26-18(15)19(25)22-11-7-12-23-20(21-3)24-14-16(2)27-17-8-5-4-6-9-17;/h4-6,8-10,13,16H,7,11-12,14H2,1-3H3,(H,22,25)(H2,21,23,24);1H. The Morgan fingerprint density at radius 2 is 1.86 bits per heavy atom. The van der Waals surface area contributed by atoms with Crippen molar-refractivity contribution in [3.8, 4) is 0 Å². The van der Waals surface area contributed by atoms with Gasteiger partial charge in [-0.2, -0.15) is 0 Å². The van der Waals surface area contributed by atoms with Gasteiger partial charge in [-0.1, -0.05) is 25.1 Å². The molecule has 1 aromatic heterocycles. The van der Waals surface area contributed by atoms with Crippen LogP contribution >= 0.6 is 35.7 Å². The van der Waals surface area contributed by atoms with Crippen LogP contribution in [0.15, 0.2) is 57.0 Å². The summed E-state index contributed by atoms with van der Waals surface area (Å²) in [6.07, 6.45) is 2.32. The fourth-order valence-corrected chi connectivity index (χ4v) is 3.36. The molecule has 1 heterocycles. The molecule has 0 saturated carbocycles. The van der Waals surface area contributed by atoms with Crippen molar-refractivity contribution in [2.24, 2.45) is 4.99 Å². The molecule has 3 N–H and O–H groups in total. The SMILES string of the molecule is CN=C(NCCCNC(=O)c1occc1C)NCC(C)Sc1ccccc1.I. The molecule has 0 aliphatic carbocycles. The lowest BCUT2D eigenvalue weighted by Gasteiger charge is -2.16. The molecule has 0 radical (unpaired) electrons. The van der Waals surface area contributed by atoms with Crippen LogP contribution in [-0.2, 0) is 0 Å². The fourth-order valence-electron chi connectivity index (χ4n) is 2.42. The van der Waals surface area contributed by atoms with Gasteiger partial charge in [-0.05, 0) is 31.5 Å². The van der Waals surface area contributed by atoms with Crippen LogP contribution < -0.4 is 16.0 Å². The predicted octanol–water partition coefficient (Wildman–Crippen LogP) is 3.67. The van der Waals surface area contributed by atoms with Gasteiger partial charge in [0.2, 0.25) is 0 Å². The first-order valence-corrected chi connectivity index (χ1v) is 9.96. The molecule has 154 valence electrons. The highest BCUT2D eigenvalue weighted by Crippen LogP contribution is 2.21. The van der Waals surface area contributed by atoms with E-state index in [0.717, 1.165) is 31.0 Å². The van der Waals surface area contributed by atoms with Crippen LogP contribution in [0.25, 0.3) is 0 Å². The van der Waals surface area contributed by atoms with Gasteiger partial charge in [-0.3, -0.25) is 9.79 Å². The average molecular weight is 516 g/mol. The van der Waals surface area contributed by atoms with Crippen LogP contribution in [0, 0.1) is 6.92 Å². The number of carbonyl (C=O) groups is 1. The van der Waals surface area contributed by atoms with E-state index in [0.29, 0.717) is 17.6 Å². The number of guanidine groups is 1. The highest BCUT2D eigenvalue weighted by Gasteiger charge is 2.11. The van der Waals surface area contributed by atoms with E-state index in [1.165, 1.54) is 11.2 Å². The maximum absolute atomic E-state index is 11.9. The lowest BCUT2D eigenvalue weighted by molar-refractivity contribution is 0.0925. The monoisotopic (exact) mass is 516 g/mol. The summed E-state index contributed by atoms with van der Waals surface area (Å²) in [6, 6.07) is 12.1. The zero-order valence-electron chi connectivity index (χ0n) is 16.5. The Balaban J connectivity index is 0.00000392. The number of nitrogens with zero attached hydrogens (tertiary/aromatic N) is 1. The molecule has 0 aliphatic heterocycles. The molecular weight excluding hydrogens is 487 g/mol. The third kappa shape index (κ3) is 8.55. The van der Waals surface area contributed by atoms with E-state index in [2.05, 4.69) is 52.1 Å². The van der Waals surface area contributed by atoms with Crippen molar-refractivity contribution in [1.29, 1.82) is 0 Å². The Hall–Kier alpha value is -1.68. The zero-order valence-corrected chi connectivity index (χ0v) is 19.7. The van der Waals surface area contributed by atoms with E-state index in [-0.39, 0.29) is 29.9 Å². The number of rotatable bonds is 9. The van der Waals surface area contributed by atoms with Crippen LogP contribution in [-0.4, -0.2) is 43.8 Å². The number of benzene rings is 1. The summed E-state index contributed by atoms with van der Waals surface area (Å²) in [5.41, 5.74) is 0.845. The minimum absolute atomic E-state index is 0. The van der Waals surface area contributed by atoms with Crippen LogP contribution in [0.1, 0.15) is 29.5 Å². The van der Waals surface area contributed by atoms with E-state index < -0.39 is 0 Å². The first-order chi connectivity index (χ1) is 13.1. The largest absolute Gasteiger partial charge is 0.459 e. The van der Waals surface area contributed by atoms with Gasteiger partial charge >= 0.3 is 0 Å². The molecule has 0 aliphatic rings. The summed E-state index contributed by atoms with van der Waals surface area (Å²) in [5, 5.41) is 9.88. The number of amides is 1. The van der Waals surface area contributed by atoms with Crippen molar-refractivity contribution in [3.05, 3.63) is 54.0 Å². The maximum atomic E-state index is 11.9. The molecule has 1 aromatic carbocycles. The molecule has 28 heavy (non-hydrogen) atoms. The molecule has 2 aromatic rings. The quantitative estimate of drug-likeness (QED) is 0.156. The van der Waals surface area contributed by atoms with Crippen molar-refractivity contribution in [2.45, 2.75) is 30.4 Å². The van der Waals surface area contributed by atoms with Crippen molar-refractivity contribution in [1.82, 2.24) is 16.0 Å². The van der Waals surface area contributed by atoms with E-state index in [9.17, 15) is 4.79 Å². The molecule has 1 unspecified atom stereocenters. The molecule has 6 nitrogen and oxygen atoms in total. The number of furan rings is 1. The molecule has 0 fully saturated rings. The third-order valence-corrected chi connectivity index (χ3v) is 4.97. The van der Waals surface area contributed by atoms with Gasteiger partial charge in [-0.25, -0.2) is 0 Å². The fraction of sp³-hybridized carbons (Fsp3) is 0.400. The zero-order chi connectivity index (χ0) is 19.5. The molecule has 8 heteroatoms. The van der Waals surface area contributed by atoms with Crippen LogP contribution in [0.3, 0.4) is 0 Å². The van der Waals surface area contributed by atoms with Crippen LogP contribution in [0.5, 0.6) is 0 Å². The van der Waals surface area contributed by atoms with Gasteiger partial charge in [0.25, 0.3) is 5.91 Å². The number of hydrogen-bond donors (Lipinski definition) is 3. The van der Waals surface area contributed by atoms with E-state index in [4.69, 9.17) is 4.42 Å². The Labute approximate surface area is 188 Å². The molecule has 1 amide bonds. The lowest BCUT2D eigenvalue weighted by Crippen LogP contribution is -2.41. The molecule has 0 bridgehead atoms. The second-order valence-electron chi connectivity index (χ2n) is 6.16.